The van der Waals surface area contributed by atoms with Gasteiger partial charge in [-0.2, -0.15) is 0 Å². The minimum atomic E-state index is -0.518. The Bertz CT molecular complexity index is 237. The van der Waals surface area contributed by atoms with Crippen LogP contribution in [0.3, 0.4) is 0 Å². The van der Waals surface area contributed by atoms with Gasteiger partial charge in [0.05, 0.1) is 0 Å². The van der Waals surface area contributed by atoms with Crippen molar-refractivity contribution in [2.45, 2.75) is 36.2 Å². The van der Waals surface area contributed by atoms with Crippen LogP contribution in [0, 0.1) is 0 Å². The zero-order valence-corrected chi connectivity index (χ0v) is 7.98. The number of fused-ring (bicyclic) bond motifs is 2. The van der Waals surface area contributed by atoms with Crippen LogP contribution in [0.2, 0.25) is 0 Å². The summed E-state index contributed by atoms with van der Waals surface area (Å²) in [5.41, 5.74) is 1.46. The molecule has 2 fully saturated rings. The Morgan fingerprint density at radius 2 is 1.92 bits per heavy atom. The van der Waals surface area contributed by atoms with E-state index >= 15 is 0 Å². The van der Waals surface area contributed by atoms with E-state index in [-0.39, 0.29) is 0 Å². The van der Waals surface area contributed by atoms with Crippen molar-refractivity contribution in [3.63, 3.8) is 0 Å². The highest BCUT2D eigenvalue weighted by Gasteiger charge is 2.37. The van der Waals surface area contributed by atoms with Crippen LogP contribution in [0.15, 0.2) is 24.3 Å². The van der Waals surface area contributed by atoms with Crippen LogP contribution in [0.4, 0.5) is 0 Å². The molecule has 12 heavy (non-hydrogen) atoms. The fourth-order valence-corrected chi connectivity index (χ4v) is 4.25. The largest absolute Gasteiger partial charge is 0.259 e. The molecule has 2 unspecified atom stereocenters. The third kappa shape index (κ3) is 1.28. The Morgan fingerprint density at radius 1 is 1.33 bits per heavy atom. The molecule has 0 aromatic carbocycles. The van der Waals surface area contributed by atoms with E-state index in [1.165, 1.54) is 18.4 Å². The van der Waals surface area contributed by atoms with Crippen LogP contribution < -0.4 is 0 Å². The maximum atomic E-state index is 11.6. The van der Waals surface area contributed by atoms with Crippen LogP contribution in [0.25, 0.3) is 0 Å². The van der Waals surface area contributed by atoms with Crippen molar-refractivity contribution in [1.82, 2.24) is 0 Å². The van der Waals surface area contributed by atoms with E-state index in [0.717, 1.165) is 12.8 Å². The molecule has 2 bridgehead atoms. The van der Waals surface area contributed by atoms with Crippen molar-refractivity contribution in [3.8, 4) is 0 Å². The van der Waals surface area contributed by atoms with Gasteiger partial charge < -0.3 is 0 Å². The van der Waals surface area contributed by atoms with Gasteiger partial charge in [0, 0.05) is 21.3 Å². The summed E-state index contributed by atoms with van der Waals surface area (Å²) in [6, 6.07) is 0. The van der Waals surface area contributed by atoms with Crippen LogP contribution >= 0.6 is 0 Å². The van der Waals surface area contributed by atoms with Crippen LogP contribution in [0.5, 0.6) is 0 Å². The van der Waals surface area contributed by atoms with Crippen molar-refractivity contribution in [1.29, 1.82) is 0 Å². The molecule has 2 aliphatic heterocycles. The molecule has 2 saturated heterocycles. The van der Waals surface area contributed by atoms with Gasteiger partial charge in [-0.3, -0.25) is 4.21 Å². The van der Waals surface area contributed by atoms with Gasteiger partial charge in [0.1, 0.15) is 0 Å². The first-order valence-corrected chi connectivity index (χ1v) is 5.78. The second-order valence-corrected chi connectivity index (χ2v) is 5.61. The van der Waals surface area contributed by atoms with Crippen molar-refractivity contribution in [2.75, 3.05) is 0 Å². The van der Waals surface area contributed by atoms with Gasteiger partial charge in [0.15, 0.2) is 0 Å². The number of hydrogen-bond acceptors (Lipinski definition) is 1. The summed E-state index contributed by atoms with van der Waals surface area (Å²) in [6.45, 7) is 3.69. The van der Waals surface area contributed by atoms with Gasteiger partial charge >= 0.3 is 0 Å². The molecule has 0 radical (unpaired) electrons. The van der Waals surface area contributed by atoms with Gasteiger partial charge in [0.25, 0.3) is 0 Å². The summed E-state index contributed by atoms with van der Waals surface area (Å²) in [6.07, 6.45) is 8.40. The molecule has 2 heterocycles. The summed E-state index contributed by atoms with van der Waals surface area (Å²) in [4.78, 5) is 0. The summed E-state index contributed by atoms with van der Waals surface area (Å²) in [7, 11) is -0.518. The zero-order valence-electron chi connectivity index (χ0n) is 7.16. The monoisotopic (exact) mass is 182 g/mol. The predicted octanol–water partition coefficient (Wildman–Crippen LogP) is 2.17. The maximum absolute atomic E-state index is 11.6. The van der Waals surface area contributed by atoms with Gasteiger partial charge in [-0.25, -0.2) is 0 Å². The lowest BCUT2D eigenvalue weighted by molar-refractivity contribution is 0.659. The molecule has 1 nitrogen and oxygen atoms in total. The standard InChI is InChI=1S/C10H14OS/c1-2-3-8-6-9-4-5-10(7-8)12(9)11/h2-3,9-10H,1,4-7H2. The molecule has 0 amide bonds. The lowest BCUT2D eigenvalue weighted by Crippen LogP contribution is -2.22. The van der Waals surface area contributed by atoms with Gasteiger partial charge in [-0.1, -0.05) is 24.3 Å². The second kappa shape index (κ2) is 3.17. The van der Waals surface area contributed by atoms with Crippen molar-refractivity contribution < 1.29 is 4.21 Å². The highest BCUT2D eigenvalue weighted by molar-refractivity contribution is 7.86. The van der Waals surface area contributed by atoms with Gasteiger partial charge in [0.2, 0.25) is 0 Å². The van der Waals surface area contributed by atoms with Crippen LogP contribution in [-0.2, 0) is 10.8 Å². The molecule has 2 heteroatoms. The van der Waals surface area contributed by atoms with Crippen molar-refractivity contribution >= 4 is 10.8 Å². The molecule has 0 spiro atoms. The highest BCUT2D eigenvalue weighted by Crippen LogP contribution is 2.38. The third-order valence-electron chi connectivity index (χ3n) is 2.80. The first-order valence-electron chi connectivity index (χ1n) is 4.51. The van der Waals surface area contributed by atoms with Crippen molar-refractivity contribution in [2.24, 2.45) is 0 Å². The first kappa shape index (κ1) is 8.24. The van der Waals surface area contributed by atoms with Crippen LogP contribution in [0.1, 0.15) is 25.7 Å². The van der Waals surface area contributed by atoms with E-state index in [2.05, 4.69) is 12.7 Å². The Labute approximate surface area is 76.0 Å². The Balaban J connectivity index is 2.17. The van der Waals surface area contributed by atoms with E-state index < -0.39 is 10.8 Å². The average molecular weight is 182 g/mol. The molecule has 0 aliphatic carbocycles. The summed E-state index contributed by atoms with van der Waals surface area (Å²) in [5, 5.41) is 0.935. The molecule has 2 aliphatic rings. The predicted molar refractivity (Wildman–Crippen MR) is 52.5 cm³/mol. The quantitative estimate of drug-likeness (QED) is 0.607. The first-order chi connectivity index (χ1) is 5.81. The number of rotatable bonds is 1. The maximum Gasteiger partial charge on any atom is 0.0388 e. The molecule has 2 atom stereocenters. The van der Waals surface area contributed by atoms with E-state index in [0.29, 0.717) is 10.5 Å². The minimum absolute atomic E-state index is 0.468. The lowest BCUT2D eigenvalue weighted by atomic mass is 10.1. The smallest absolute Gasteiger partial charge is 0.0388 e. The highest BCUT2D eigenvalue weighted by atomic mass is 32.2. The molecule has 0 aromatic rings. The summed E-state index contributed by atoms with van der Waals surface area (Å²) >= 11 is 0. The summed E-state index contributed by atoms with van der Waals surface area (Å²) < 4.78 is 11.6. The topological polar surface area (TPSA) is 17.1 Å². The molecule has 2 rings (SSSR count). The zero-order chi connectivity index (χ0) is 8.55. The van der Waals surface area contributed by atoms with E-state index in [1.807, 2.05) is 6.08 Å². The SMILES string of the molecule is C=CC=C1CC2CCC(C1)S2=O. The van der Waals surface area contributed by atoms with Crippen LogP contribution in [-0.4, -0.2) is 14.7 Å². The molecular weight excluding hydrogens is 168 g/mol. The molecule has 0 N–H and O–H groups in total. The lowest BCUT2D eigenvalue weighted by Gasteiger charge is -2.20. The molecule has 0 aromatic heterocycles. The van der Waals surface area contributed by atoms with Gasteiger partial charge in [-0.15, -0.1) is 0 Å². The number of hydrogen-bond donors (Lipinski definition) is 0. The normalized spacial score (nSPS) is 39.7. The second-order valence-electron chi connectivity index (χ2n) is 3.62. The Kier molecular flexibility index (Phi) is 2.18. The average Bonchev–Trinajstić information content (AvgIpc) is 2.33. The summed E-state index contributed by atoms with van der Waals surface area (Å²) in [5.74, 6) is 0. The third-order valence-corrected chi connectivity index (χ3v) is 4.92. The van der Waals surface area contributed by atoms with E-state index in [9.17, 15) is 4.21 Å². The van der Waals surface area contributed by atoms with E-state index in [1.54, 1.807) is 0 Å². The van der Waals surface area contributed by atoms with Crippen molar-refractivity contribution in [3.05, 3.63) is 24.3 Å². The molecular formula is C10H14OS. The number of allylic oxidation sites excluding steroid dienone is 3. The molecule has 66 valence electrons. The van der Waals surface area contributed by atoms with E-state index in [4.69, 9.17) is 0 Å². The fraction of sp³-hybridized carbons (Fsp3) is 0.600. The minimum Gasteiger partial charge on any atom is -0.259 e. The Morgan fingerprint density at radius 3 is 2.42 bits per heavy atom. The molecule has 0 saturated carbocycles. The Hall–Kier alpha value is -0.370. The fourth-order valence-electron chi connectivity index (χ4n) is 2.22. The van der Waals surface area contributed by atoms with Gasteiger partial charge in [-0.05, 0) is 25.7 Å².